The highest BCUT2D eigenvalue weighted by Gasteiger charge is 2.16. The summed E-state index contributed by atoms with van der Waals surface area (Å²) in [5, 5.41) is 6.14. The number of benzene rings is 1. The van der Waals surface area contributed by atoms with Crippen LogP contribution in [0.2, 0.25) is 0 Å². The second-order valence-electron chi connectivity index (χ2n) is 4.89. The molecule has 1 fully saturated rings. The van der Waals surface area contributed by atoms with Gasteiger partial charge in [-0.15, -0.1) is 0 Å². The van der Waals surface area contributed by atoms with Crippen LogP contribution < -0.4 is 15.4 Å². The van der Waals surface area contributed by atoms with Crippen molar-refractivity contribution in [2.24, 2.45) is 0 Å². The van der Waals surface area contributed by atoms with E-state index in [1.807, 2.05) is 30.3 Å². The predicted octanol–water partition coefficient (Wildman–Crippen LogP) is 1.71. The molecule has 1 aliphatic carbocycles. The van der Waals surface area contributed by atoms with Gasteiger partial charge in [0.2, 0.25) is 5.91 Å². The molecule has 0 unspecified atom stereocenters. The lowest BCUT2D eigenvalue weighted by Gasteiger charge is -2.12. The van der Waals surface area contributed by atoms with Crippen LogP contribution in [-0.2, 0) is 4.79 Å². The fourth-order valence-electron chi connectivity index (χ4n) is 2.31. The zero-order chi connectivity index (χ0) is 13.3. The SMILES string of the molecule is O=C(CNCCOc1ccccc1)NC1CCCC1. The van der Waals surface area contributed by atoms with Gasteiger partial charge >= 0.3 is 0 Å². The maximum atomic E-state index is 11.6. The average molecular weight is 262 g/mol. The van der Waals surface area contributed by atoms with Crippen LogP contribution in [0.15, 0.2) is 30.3 Å². The van der Waals surface area contributed by atoms with Crippen LogP contribution in [0.1, 0.15) is 25.7 Å². The first-order chi connectivity index (χ1) is 9.34. The topological polar surface area (TPSA) is 50.4 Å². The van der Waals surface area contributed by atoms with Crippen molar-refractivity contribution in [1.29, 1.82) is 0 Å². The van der Waals surface area contributed by atoms with Gasteiger partial charge in [-0.1, -0.05) is 31.0 Å². The van der Waals surface area contributed by atoms with Gasteiger partial charge in [0.1, 0.15) is 12.4 Å². The highest BCUT2D eigenvalue weighted by atomic mass is 16.5. The molecule has 2 N–H and O–H groups in total. The van der Waals surface area contributed by atoms with Gasteiger partial charge in [-0.05, 0) is 25.0 Å². The molecular weight excluding hydrogens is 240 g/mol. The molecular formula is C15H22N2O2. The Labute approximate surface area is 114 Å². The molecule has 1 aromatic carbocycles. The molecule has 0 aliphatic heterocycles. The van der Waals surface area contributed by atoms with Gasteiger partial charge in [0.05, 0.1) is 6.54 Å². The van der Waals surface area contributed by atoms with Crippen LogP contribution in [0.3, 0.4) is 0 Å². The van der Waals surface area contributed by atoms with Gasteiger partial charge in [0, 0.05) is 12.6 Å². The molecule has 0 saturated heterocycles. The highest BCUT2D eigenvalue weighted by molar-refractivity contribution is 5.78. The maximum Gasteiger partial charge on any atom is 0.234 e. The van der Waals surface area contributed by atoms with E-state index >= 15 is 0 Å². The largest absolute Gasteiger partial charge is 0.492 e. The summed E-state index contributed by atoms with van der Waals surface area (Å²) >= 11 is 0. The minimum atomic E-state index is 0.0895. The molecule has 0 spiro atoms. The van der Waals surface area contributed by atoms with Crippen LogP contribution >= 0.6 is 0 Å². The molecule has 104 valence electrons. The first-order valence-corrected chi connectivity index (χ1v) is 7.02. The Morgan fingerprint density at radius 3 is 2.68 bits per heavy atom. The van der Waals surface area contributed by atoms with Gasteiger partial charge in [0.25, 0.3) is 0 Å². The molecule has 4 nitrogen and oxygen atoms in total. The monoisotopic (exact) mass is 262 g/mol. The molecule has 0 aromatic heterocycles. The van der Waals surface area contributed by atoms with Crippen molar-refractivity contribution in [3.63, 3.8) is 0 Å². The van der Waals surface area contributed by atoms with E-state index in [9.17, 15) is 4.79 Å². The van der Waals surface area contributed by atoms with Crippen LogP contribution in [0.25, 0.3) is 0 Å². The number of hydrogen-bond donors (Lipinski definition) is 2. The molecule has 2 rings (SSSR count). The van der Waals surface area contributed by atoms with Gasteiger partial charge in [-0.25, -0.2) is 0 Å². The summed E-state index contributed by atoms with van der Waals surface area (Å²) in [4.78, 5) is 11.6. The van der Waals surface area contributed by atoms with Gasteiger partial charge in [0.15, 0.2) is 0 Å². The van der Waals surface area contributed by atoms with Gasteiger partial charge < -0.3 is 15.4 Å². The molecule has 19 heavy (non-hydrogen) atoms. The van der Waals surface area contributed by atoms with E-state index in [0.717, 1.165) is 18.6 Å². The Morgan fingerprint density at radius 2 is 1.95 bits per heavy atom. The number of para-hydroxylation sites is 1. The van der Waals surface area contributed by atoms with Crippen molar-refractivity contribution in [1.82, 2.24) is 10.6 Å². The van der Waals surface area contributed by atoms with Crippen LogP contribution in [0.4, 0.5) is 0 Å². The normalized spacial score (nSPS) is 15.4. The van der Waals surface area contributed by atoms with E-state index in [0.29, 0.717) is 25.7 Å². The summed E-state index contributed by atoms with van der Waals surface area (Å²) in [5.41, 5.74) is 0. The lowest BCUT2D eigenvalue weighted by Crippen LogP contribution is -2.40. The Morgan fingerprint density at radius 1 is 1.21 bits per heavy atom. The van der Waals surface area contributed by atoms with Crippen molar-refractivity contribution in [2.45, 2.75) is 31.7 Å². The highest BCUT2D eigenvalue weighted by Crippen LogP contribution is 2.17. The molecule has 4 heteroatoms. The van der Waals surface area contributed by atoms with E-state index in [1.165, 1.54) is 12.8 Å². The first kappa shape index (κ1) is 13.9. The quantitative estimate of drug-likeness (QED) is 0.736. The summed E-state index contributed by atoms with van der Waals surface area (Å²) in [6.45, 7) is 1.61. The third-order valence-electron chi connectivity index (χ3n) is 3.30. The van der Waals surface area contributed by atoms with Gasteiger partial charge in [-0.3, -0.25) is 4.79 Å². The van der Waals surface area contributed by atoms with Crippen molar-refractivity contribution >= 4 is 5.91 Å². The molecule has 1 aliphatic rings. The lowest BCUT2D eigenvalue weighted by molar-refractivity contribution is -0.120. The summed E-state index contributed by atoms with van der Waals surface area (Å²) in [5.74, 6) is 0.950. The molecule has 0 atom stereocenters. The van der Waals surface area contributed by atoms with Crippen LogP contribution in [0.5, 0.6) is 5.75 Å². The number of rotatable bonds is 7. The average Bonchev–Trinajstić information content (AvgIpc) is 2.92. The number of nitrogens with one attached hydrogen (secondary N) is 2. The lowest BCUT2D eigenvalue weighted by atomic mass is 10.2. The Balaban J connectivity index is 1.50. The summed E-state index contributed by atoms with van der Waals surface area (Å²) in [6.07, 6.45) is 4.73. The molecule has 1 aromatic rings. The fraction of sp³-hybridized carbons (Fsp3) is 0.533. The minimum Gasteiger partial charge on any atom is -0.492 e. The van der Waals surface area contributed by atoms with Crippen molar-refractivity contribution in [3.8, 4) is 5.75 Å². The predicted molar refractivity (Wildman–Crippen MR) is 75.2 cm³/mol. The van der Waals surface area contributed by atoms with Gasteiger partial charge in [-0.2, -0.15) is 0 Å². The van der Waals surface area contributed by atoms with Crippen LogP contribution in [0, 0.1) is 0 Å². The number of amides is 1. The van der Waals surface area contributed by atoms with E-state index in [-0.39, 0.29) is 5.91 Å². The smallest absolute Gasteiger partial charge is 0.234 e. The maximum absolute atomic E-state index is 11.6. The molecule has 1 saturated carbocycles. The first-order valence-electron chi connectivity index (χ1n) is 7.02. The summed E-state index contributed by atoms with van der Waals surface area (Å²) in [6, 6.07) is 10.1. The fourth-order valence-corrected chi connectivity index (χ4v) is 2.31. The number of hydrogen-bond acceptors (Lipinski definition) is 3. The Bertz CT molecular complexity index is 375. The van der Waals surface area contributed by atoms with Crippen molar-refractivity contribution in [2.75, 3.05) is 19.7 Å². The second kappa shape index (κ2) is 7.79. The second-order valence-corrected chi connectivity index (χ2v) is 4.89. The molecule has 1 amide bonds. The van der Waals surface area contributed by atoms with Crippen molar-refractivity contribution < 1.29 is 9.53 Å². The van der Waals surface area contributed by atoms with Crippen molar-refractivity contribution in [3.05, 3.63) is 30.3 Å². The van der Waals surface area contributed by atoms with E-state index in [1.54, 1.807) is 0 Å². The minimum absolute atomic E-state index is 0.0895. The number of carbonyl (C=O) groups is 1. The van der Waals surface area contributed by atoms with E-state index in [2.05, 4.69) is 10.6 Å². The van der Waals surface area contributed by atoms with E-state index in [4.69, 9.17) is 4.74 Å². The summed E-state index contributed by atoms with van der Waals surface area (Å²) in [7, 11) is 0. The third kappa shape index (κ3) is 5.30. The molecule has 0 radical (unpaired) electrons. The standard InChI is InChI=1S/C15H22N2O2/c18-15(17-13-6-4-5-7-13)12-16-10-11-19-14-8-2-1-3-9-14/h1-3,8-9,13,16H,4-7,10-12H2,(H,17,18). The zero-order valence-corrected chi connectivity index (χ0v) is 11.2. The molecule has 0 bridgehead atoms. The zero-order valence-electron chi connectivity index (χ0n) is 11.2. The third-order valence-corrected chi connectivity index (χ3v) is 3.30. The number of ether oxygens (including phenoxy) is 1. The number of carbonyl (C=O) groups excluding carboxylic acids is 1. The Kier molecular flexibility index (Phi) is 5.69. The molecule has 0 heterocycles. The van der Waals surface area contributed by atoms with E-state index < -0.39 is 0 Å². The summed E-state index contributed by atoms with van der Waals surface area (Å²) < 4.78 is 5.53. The van der Waals surface area contributed by atoms with Crippen LogP contribution in [-0.4, -0.2) is 31.6 Å². The Hall–Kier alpha value is -1.55.